The van der Waals surface area contributed by atoms with E-state index in [-0.39, 0.29) is 6.61 Å². The zero-order valence-electron chi connectivity index (χ0n) is 11.1. The summed E-state index contributed by atoms with van der Waals surface area (Å²) in [7, 11) is 1.81. The molecule has 7 heteroatoms. The van der Waals surface area contributed by atoms with Crippen molar-refractivity contribution >= 4 is 35.2 Å². The van der Waals surface area contributed by atoms with Crippen molar-refractivity contribution in [3.8, 4) is 5.75 Å². The molecule has 21 heavy (non-hydrogen) atoms. The lowest BCUT2D eigenvalue weighted by atomic mass is 10.2. The lowest BCUT2D eigenvalue weighted by molar-refractivity contribution is -0.131. The van der Waals surface area contributed by atoms with Crippen LogP contribution in [0.2, 0.25) is 10.0 Å². The van der Waals surface area contributed by atoms with E-state index in [2.05, 4.69) is 5.10 Å². The maximum atomic E-state index is 10.6. The van der Waals surface area contributed by atoms with E-state index in [0.717, 1.165) is 11.6 Å². The third-order valence-electron chi connectivity index (χ3n) is 2.58. The predicted molar refractivity (Wildman–Crippen MR) is 80.7 cm³/mol. The summed E-state index contributed by atoms with van der Waals surface area (Å²) in [5, 5.41) is 13.5. The van der Waals surface area contributed by atoms with Crippen LogP contribution in [-0.2, 0) is 18.4 Å². The van der Waals surface area contributed by atoms with Gasteiger partial charge in [0.1, 0.15) is 12.4 Å². The second-order valence-corrected chi connectivity index (χ2v) is 5.13. The van der Waals surface area contributed by atoms with Crippen molar-refractivity contribution < 1.29 is 14.6 Å². The van der Waals surface area contributed by atoms with Gasteiger partial charge in [0.2, 0.25) is 0 Å². The average Bonchev–Trinajstić information content (AvgIpc) is 2.80. The number of nitrogens with zero attached hydrogens (tertiary/aromatic N) is 2. The summed E-state index contributed by atoms with van der Waals surface area (Å²) in [6.07, 6.45) is 5.88. The standard InChI is InChI=1S/C14H12Cl2N2O3/c1-18-7-9(6-17-18)8-21-14-10(2-3-13(19)20)4-11(15)5-12(14)16/h2-7H,8H2,1H3,(H,19,20)/b3-2+. The number of benzene rings is 1. The van der Waals surface area contributed by atoms with Gasteiger partial charge in [0.05, 0.1) is 11.2 Å². The minimum Gasteiger partial charge on any atom is -0.487 e. The summed E-state index contributed by atoms with van der Waals surface area (Å²) in [5.74, 6) is -0.688. The molecule has 2 aromatic rings. The quantitative estimate of drug-likeness (QED) is 0.855. The second-order valence-electron chi connectivity index (χ2n) is 4.29. The van der Waals surface area contributed by atoms with Crippen molar-refractivity contribution in [1.29, 1.82) is 0 Å². The number of aryl methyl sites for hydroxylation is 1. The van der Waals surface area contributed by atoms with Gasteiger partial charge in [-0.25, -0.2) is 4.79 Å². The number of carboxylic acid groups (broad SMARTS) is 1. The smallest absolute Gasteiger partial charge is 0.328 e. The first kappa shape index (κ1) is 15.4. The van der Waals surface area contributed by atoms with Crippen molar-refractivity contribution in [3.63, 3.8) is 0 Å². The minimum atomic E-state index is -1.07. The fourth-order valence-corrected chi connectivity index (χ4v) is 2.28. The number of carbonyl (C=O) groups is 1. The zero-order valence-corrected chi connectivity index (χ0v) is 12.6. The lowest BCUT2D eigenvalue weighted by Crippen LogP contribution is -1.97. The molecule has 0 fully saturated rings. The molecule has 0 saturated carbocycles. The normalized spacial score (nSPS) is 11.0. The van der Waals surface area contributed by atoms with Crippen molar-refractivity contribution in [3.05, 3.63) is 51.8 Å². The van der Waals surface area contributed by atoms with Gasteiger partial charge < -0.3 is 9.84 Å². The van der Waals surface area contributed by atoms with Crippen LogP contribution in [0.1, 0.15) is 11.1 Å². The van der Waals surface area contributed by atoms with Gasteiger partial charge in [-0.15, -0.1) is 0 Å². The fraction of sp³-hybridized carbons (Fsp3) is 0.143. The highest BCUT2D eigenvalue weighted by molar-refractivity contribution is 6.35. The van der Waals surface area contributed by atoms with Crippen molar-refractivity contribution in [2.24, 2.45) is 7.05 Å². The minimum absolute atomic E-state index is 0.267. The maximum absolute atomic E-state index is 10.6. The van der Waals surface area contributed by atoms with Crippen molar-refractivity contribution in [2.45, 2.75) is 6.61 Å². The highest BCUT2D eigenvalue weighted by Crippen LogP contribution is 2.33. The van der Waals surface area contributed by atoms with E-state index in [1.807, 2.05) is 6.20 Å². The Bertz CT molecular complexity index is 696. The molecule has 110 valence electrons. The Kier molecular flexibility index (Phi) is 4.88. The van der Waals surface area contributed by atoms with Gasteiger partial charge in [-0.05, 0) is 18.2 Å². The molecule has 0 radical (unpaired) electrons. The van der Waals surface area contributed by atoms with Crippen LogP contribution in [0.3, 0.4) is 0 Å². The number of ether oxygens (including phenoxy) is 1. The van der Waals surface area contributed by atoms with Crippen LogP contribution in [0, 0.1) is 0 Å². The number of hydrogen-bond donors (Lipinski definition) is 1. The molecule has 0 aliphatic heterocycles. The Balaban J connectivity index is 2.26. The SMILES string of the molecule is Cn1cc(COc2c(Cl)cc(Cl)cc2/C=C/C(=O)O)cn1. The van der Waals surface area contributed by atoms with E-state index < -0.39 is 5.97 Å². The molecule has 0 aliphatic rings. The van der Waals surface area contributed by atoms with Crippen LogP contribution in [-0.4, -0.2) is 20.9 Å². The topological polar surface area (TPSA) is 64.3 Å². The van der Waals surface area contributed by atoms with Gasteiger partial charge in [0, 0.05) is 35.5 Å². The number of rotatable bonds is 5. The molecule has 0 saturated heterocycles. The molecule has 0 unspecified atom stereocenters. The summed E-state index contributed by atoms with van der Waals surface area (Å²) in [6.45, 7) is 0.267. The molecular weight excluding hydrogens is 315 g/mol. The van der Waals surface area contributed by atoms with Gasteiger partial charge in [-0.3, -0.25) is 4.68 Å². The molecule has 1 aromatic heterocycles. The van der Waals surface area contributed by atoms with Crippen LogP contribution in [0.4, 0.5) is 0 Å². The molecule has 1 aromatic carbocycles. The molecular formula is C14H12Cl2N2O3. The van der Waals surface area contributed by atoms with E-state index in [4.69, 9.17) is 33.0 Å². The third kappa shape index (κ3) is 4.24. The van der Waals surface area contributed by atoms with Crippen LogP contribution in [0.5, 0.6) is 5.75 Å². The molecule has 1 heterocycles. The van der Waals surface area contributed by atoms with Gasteiger partial charge in [0.15, 0.2) is 0 Å². The van der Waals surface area contributed by atoms with Crippen molar-refractivity contribution in [1.82, 2.24) is 9.78 Å². The highest BCUT2D eigenvalue weighted by atomic mass is 35.5. The Morgan fingerprint density at radius 2 is 2.24 bits per heavy atom. The van der Waals surface area contributed by atoms with Gasteiger partial charge in [-0.1, -0.05) is 23.2 Å². The fourth-order valence-electron chi connectivity index (χ4n) is 1.72. The first-order chi connectivity index (χ1) is 9.95. The molecule has 0 bridgehead atoms. The van der Waals surface area contributed by atoms with Crippen LogP contribution >= 0.6 is 23.2 Å². The predicted octanol–water partition coefficient (Wildman–Crippen LogP) is 3.40. The Labute approximate surface area is 131 Å². The van der Waals surface area contributed by atoms with Crippen molar-refractivity contribution in [2.75, 3.05) is 0 Å². The third-order valence-corrected chi connectivity index (χ3v) is 3.08. The maximum Gasteiger partial charge on any atom is 0.328 e. The largest absolute Gasteiger partial charge is 0.487 e. The summed E-state index contributed by atoms with van der Waals surface area (Å²) in [5.41, 5.74) is 1.37. The van der Waals surface area contributed by atoms with Crippen LogP contribution in [0.25, 0.3) is 6.08 Å². The van der Waals surface area contributed by atoms with E-state index in [0.29, 0.717) is 21.4 Å². The monoisotopic (exact) mass is 326 g/mol. The number of aromatic nitrogens is 2. The first-order valence-corrected chi connectivity index (χ1v) is 6.71. The van der Waals surface area contributed by atoms with Gasteiger partial charge >= 0.3 is 5.97 Å². The number of aliphatic carboxylic acids is 1. The number of hydrogen-bond acceptors (Lipinski definition) is 3. The highest BCUT2D eigenvalue weighted by Gasteiger charge is 2.10. The molecule has 2 rings (SSSR count). The Morgan fingerprint density at radius 1 is 1.48 bits per heavy atom. The molecule has 0 amide bonds. The number of carboxylic acids is 1. The lowest BCUT2D eigenvalue weighted by Gasteiger charge is -2.11. The number of halogens is 2. The van der Waals surface area contributed by atoms with E-state index >= 15 is 0 Å². The summed E-state index contributed by atoms with van der Waals surface area (Å²) in [4.78, 5) is 10.6. The molecule has 0 atom stereocenters. The van der Waals surface area contributed by atoms with E-state index in [1.165, 1.54) is 6.08 Å². The van der Waals surface area contributed by atoms with Gasteiger partial charge in [0.25, 0.3) is 0 Å². The van der Waals surface area contributed by atoms with Crippen LogP contribution in [0.15, 0.2) is 30.6 Å². The Hall–Kier alpha value is -1.98. The van der Waals surface area contributed by atoms with Crippen LogP contribution < -0.4 is 4.74 Å². The van der Waals surface area contributed by atoms with E-state index in [9.17, 15) is 4.79 Å². The average molecular weight is 327 g/mol. The zero-order chi connectivity index (χ0) is 15.4. The summed E-state index contributed by atoms with van der Waals surface area (Å²) >= 11 is 12.0. The van der Waals surface area contributed by atoms with Gasteiger partial charge in [-0.2, -0.15) is 5.10 Å². The summed E-state index contributed by atoms with van der Waals surface area (Å²) < 4.78 is 7.33. The van der Waals surface area contributed by atoms with E-state index in [1.54, 1.807) is 30.1 Å². The molecule has 1 N–H and O–H groups in total. The Morgan fingerprint density at radius 3 is 2.86 bits per heavy atom. The molecule has 0 spiro atoms. The summed E-state index contributed by atoms with van der Waals surface area (Å²) in [6, 6.07) is 3.13. The molecule has 0 aliphatic carbocycles. The molecule has 5 nitrogen and oxygen atoms in total. The second kappa shape index (κ2) is 6.65. The first-order valence-electron chi connectivity index (χ1n) is 5.96.